The highest BCUT2D eigenvalue weighted by molar-refractivity contribution is 6.31. The summed E-state index contributed by atoms with van der Waals surface area (Å²) in [6, 6.07) is 3.91. The Bertz CT molecular complexity index is 732. The molecule has 23 heavy (non-hydrogen) atoms. The lowest BCUT2D eigenvalue weighted by Gasteiger charge is -2.22. The van der Waals surface area contributed by atoms with Gasteiger partial charge in [-0.15, -0.1) is 0 Å². The number of nitrogens with zero attached hydrogens (tertiary/aromatic N) is 3. The van der Waals surface area contributed by atoms with Crippen LogP contribution in [0.5, 0.6) is 0 Å². The molecule has 7 heteroatoms. The Balaban J connectivity index is 1.84. The molecular formula is C16H17ClFN3O2. The maximum atomic E-state index is 13.2. The van der Waals surface area contributed by atoms with E-state index in [1.807, 2.05) is 13.8 Å². The number of hydrogen-bond donors (Lipinski definition) is 0. The van der Waals surface area contributed by atoms with Gasteiger partial charge in [-0.05, 0) is 24.1 Å². The van der Waals surface area contributed by atoms with Crippen LogP contribution in [0.25, 0.3) is 0 Å². The number of aromatic nitrogens is 2. The molecule has 0 saturated carbocycles. The van der Waals surface area contributed by atoms with Crippen molar-refractivity contribution in [3.8, 4) is 0 Å². The molecule has 3 rings (SSSR count). The van der Waals surface area contributed by atoms with E-state index in [0.717, 1.165) is 0 Å². The zero-order valence-electron chi connectivity index (χ0n) is 12.9. The minimum absolute atomic E-state index is 0.000288. The van der Waals surface area contributed by atoms with Crippen LogP contribution in [0.4, 0.5) is 4.39 Å². The Kier molecular flexibility index (Phi) is 4.35. The minimum Gasteiger partial charge on any atom is -0.337 e. The standard InChI is InChI=1S/C16H17ClFN3O2/c1-9(2)15-19-16(23-20-15)13-5-6-14(22)21(13)8-10-3-4-11(18)7-12(10)17/h3-4,7,9,13H,5-6,8H2,1-2H3. The predicted octanol–water partition coefficient (Wildman–Crippen LogP) is 3.85. The van der Waals surface area contributed by atoms with Crippen molar-refractivity contribution < 1.29 is 13.7 Å². The van der Waals surface area contributed by atoms with Crippen molar-refractivity contribution in [2.24, 2.45) is 0 Å². The van der Waals surface area contributed by atoms with E-state index >= 15 is 0 Å². The van der Waals surface area contributed by atoms with Gasteiger partial charge in [0.05, 0.1) is 0 Å². The van der Waals surface area contributed by atoms with Gasteiger partial charge in [-0.3, -0.25) is 4.79 Å². The van der Waals surface area contributed by atoms with Crippen molar-refractivity contribution in [1.82, 2.24) is 15.0 Å². The third kappa shape index (κ3) is 3.22. The van der Waals surface area contributed by atoms with Crippen LogP contribution < -0.4 is 0 Å². The van der Waals surface area contributed by atoms with E-state index < -0.39 is 5.82 Å². The van der Waals surface area contributed by atoms with E-state index in [-0.39, 0.29) is 17.9 Å². The maximum Gasteiger partial charge on any atom is 0.249 e. The number of carbonyl (C=O) groups excluding carboxylic acids is 1. The molecule has 0 bridgehead atoms. The summed E-state index contributed by atoms with van der Waals surface area (Å²) in [6.45, 7) is 4.25. The number of hydrogen-bond acceptors (Lipinski definition) is 4. The molecule has 1 amide bonds. The van der Waals surface area contributed by atoms with Gasteiger partial charge in [0, 0.05) is 23.9 Å². The van der Waals surface area contributed by atoms with Gasteiger partial charge in [0.2, 0.25) is 11.8 Å². The zero-order chi connectivity index (χ0) is 16.6. The molecule has 0 N–H and O–H groups in total. The summed E-state index contributed by atoms with van der Waals surface area (Å²) in [5.74, 6) is 0.822. The SMILES string of the molecule is CC(C)c1noc(C2CCC(=O)N2Cc2ccc(F)cc2Cl)n1. The Morgan fingerprint density at radius 3 is 2.91 bits per heavy atom. The predicted molar refractivity (Wildman–Crippen MR) is 82.3 cm³/mol. The van der Waals surface area contributed by atoms with Crippen molar-refractivity contribution in [2.45, 2.75) is 45.2 Å². The van der Waals surface area contributed by atoms with Crippen LogP contribution >= 0.6 is 11.6 Å². The number of halogens is 2. The van der Waals surface area contributed by atoms with Crippen molar-refractivity contribution >= 4 is 17.5 Å². The largest absolute Gasteiger partial charge is 0.337 e. The Morgan fingerprint density at radius 2 is 2.26 bits per heavy atom. The molecule has 0 spiro atoms. The molecule has 2 aromatic rings. The van der Waals surface area contributed by atoms with Gasteiger partial charge in [0.15, 0.2) is 5.82 Å². The monoisotopic (exact) mass is 337 g/mol. The van der Waals surface area contributed by atoms with Crippen molar-refractivity contribution in [2.75, 3.05) is 0 Å². The van der Waals surface area contributed by atoms with Crippen molar-refractivity contribution in [1.29, 1.82) is 0 Å². The van der Waals surface area contributed by atoms with Gasteiger partial charge in [0.25, 0.3) is 0 Å². The van der Waals surface area contributed by atoms with Crippen molar-refractivity contribution in [3.63, 3.8) is 0 Å². The van der Waals surface area contributed by atoms with Gasteiger partial charge in [0.1, 0.15) is 11.9 Å². The molecule has 1 saturated heterocycles. The number of carbonyl (C=O) groups is 1. The summed E-state index contributed by atoms with van der Waals surface area (Å²) in [5.41, 5.74) is 0.692. The Hall–Kier alpha value is -1.95. The first-order valence-corrected chi connectivity index (χ1v) is 7.90. The van der Waals surface area contributed by atoms with Gasteiger partial charge in [-0.1, -0.05) is 36.7 Å². The first-order valence-electron chi connectivity index (χ1n) is 7.52. The summed E-state index contributed by atoms with van der Waals surface area (Å²) in [4.78, 5) is 18.3. The third-order valence-electron chi connectivity index (χ3n) is 3.94. The lowest BCUT2D eigenvalue weighted by atomic mass is 10.1. The van der Waals surface area contributed by atoms with Crippen LogP contribution in [0.3, 0.4) is 0 Å². The van der Waals surface area contributed by atoms with Crippen LogP contribution in [0, 0.1) is 5.82 Å². The zero-order valence-corrected chi connectivity index (χ0v) is 13.7. The highest BCUT2D eigenvalue weighted by atomic mass is 35.5. The first-order chi connectivity index (χ1) is 11.0. The van der Waals surface area contributed by atoms with Crippen LogP contribution in [-0.2, 0) is 11.3 Å². The summed E-state index contributed by atoms with van der Waals surface area (Å²) in [6.07, 6.45) is 1.04. The Morgan fingerprint density at radius 1 is 1.48 bits per heavy atom. The van der Waals surface area contributed by atoms with Gasteiger partial charge in [-0.25, -0.2) is 4.39 Å². The normalized spacial score (nSPS) is 18.2. The molecule has 1 aromatic carbocycles. The molecule has 1 fully saturated rings. The summed E-state index contributed by atoms with van der Waals surface area (Å²) in [7, 11) is 0. The molecule has 5 nitrogen and oxygen atoms in total. The van der Waals surface area contributed by atoms with Crippen LogP contribution in [0.2, 0.25) is 5.02 Å². The summed E-state index contributed by atoms with van der Waals surface area (Å²) in [5, 5.41) is 4.26. The lowest BCUT2D eigenvalue weighted by Crippen LogP contribution is -2.27. The van der Waals surface area contributed by atoms with E-state index in [0.29, 0.717) is 41.7 Å². The second kappa shape index (κ2) is 6.28. The molecule has 0 radical (unpaired) electrons. The summed E-state index contributed by atoms with van der Waals surface area (Å²) >= 11 is 6.07. The number of rotatable bonds is 4. The first kappa shape index (κ1) is 15.9. The third-order valence-corrected chi connectivity index (χ3v) is 4.29. The summed E-state index contributed by atoms with van der Waals surface area (Å²) < 4.78 is 18.5. The second-order valence-corrected chi connectivity index (χ2v) is 6.36. The molecule has 1 aliphatic rings. The molecule has 1 aromatic heterocycles. The number of amides is 1. The fourth-order valence-electron chi connectivity index (χ4n) is 2.64. The smallest absolute Gasteiger partial charge is 0.249 e. The van der Waals surface area contributed by atoms with Crippen LogP contribution in [-0.4, -0.2) is 20.9 Å². The van der Waals surface area contributed by atoms with Crippen LogP contribution in [0.15, 0.2) is 22.7 Å². The molecule has 0 aliphatic carbocycles. The molecule has 2 heterocycles. The molecule has 1 atom stereocenters. The quantitative estimate of drug-likeness (QED) is 0.850. The minimum atomic E-state index is -0.401. The van der Waals surface area contributed by atoms with Crippen LogP contribution in [0.1, 0.15) is 55.9 Å². The topological polar surface area (TPSA) is 59.2 Å². The Labute approximate surface area is 138 Å². The molecule has 1 aliphatic heterocycles. The van der Waals surface area contributed by atoms with Gasteiger partial charge in [-0.2, -0.15) is 4.98 Å². The molecular weight excluding hydrogens is 321 g/mol. The maximum absolute atomic E-state index is 13.2. The number of benzene rings is 1. The number of likely N-dealkylation sites (tertiary alicyclic amines) is 1. The fourth-order valence-corrected chi connectivity index (χ4v) is 2.87. The van der Waals surface area contributed by atoms with E-state index in [1.165, 1.54) is 12.1 Å². The van der Waals surface area contributed by atoms with E-state index in [1.54, 1.807) is 11.0 Å². The second-order valence-electron chi connectivity index (χ2n) is 5.96. The lowest BCUT2D eigenvalue weighted by molar-refractivity contribution is -0.129. The highest BCUT2D eigenvalue weighted by Crippen LogP contribution is 2.34. The van der Waals surface area contributed by atoms with Crippen molar-refractivity contribution in [3.05, 3.63) is 46.3 Å². The van der Waals surface area contributed by atoms with E-state index in [4.69, 9.17) is 16.1 Å². The molecule has 1 unspecified atom stereocenters. The molecule has 122 valence electrons. The average molecular weight is 338 g/mol. The fraction of sp³-hybridized carbons (Fsp3) is 0.438. The highest BCUT2D eigenvalue weighted by Gasteiger charge is 2.36. The van der Waals surface area contributed by atoms with E-state index in [2.05, 4.69) is 10.1 Å². The van der Waals surface area contributed by atoms with Gasteiger partial charge < -0.3 is 9.42 Å². The van der Waals surface area contributed by atoms with E-state index in [9.17, 15) is 9.18 Å². The average Bonchev–Trinajstić information content (AvgIpc) is 3.09. The van der Waals surface area contributed by atoms with Gasteiger partial charge >= 0.3 is 0 Å².